The van der Waals surface area contributed by atoms with E-state index in [-0.39, 0.29) is 5.91 Å². The maximum atomic E-state index is 13.0. The van der Waals surface area contributed by atoms with Crippen LogP contribution in [0.2, 0.25) is 0 Å². The third-order valence-electron chi connectivity index (χ3n) is 5.54. The summed E-state index contributed by atoms with van der Waals surface area (Å²) >= 11 is 0. The average Bonchev–Trinajstić information content (AvgIpc) is 2.68. The summed E-state index contributed by atoms with van der Waals surface area (Å²) in [5, 5.41) is 0.961. The number of rotatable bonds is 2. The molecule has 0 spiro atoms. The predicted molar refractivity (Wildman–Crippen MR) is 96.1 cm³/mol. The van der Waals surface area contributed by atoms with Gasteiger partial charge in [-0.2, -0.15) is 0 Å². The molecule has 0 bridgehead atoms. The number of para-hydroxylation sites is 1. The summed E-state index contributed by atoms with van der Waals surface area (Å²) in [6.45, 7) is 4.23. The van der Waals surface area contributed by atoms with Gasteiger partial charge < -0.3 is 9.80 Å². The lowest BCUT2D eigenvalue weighted by atomic mass is 9.99. The van der Waals surface area contributed by atoms with E-state index in [1.807, 2.05) is 35.2 Å². The third kappa shape index (κ3) is 3.03. The minimum absolute atomic E-state index is 0.158. The van der Waals surface area contributed by atoms with Crippen molar-refractivity contribution < 1.29 is 4.79 Å². The van der Waals surface area contributed by atoms with Gasteiger partial charge in [-0.05, 0) is 50.9 Å². The number of pyridine rings is 1. The largest absolute Gasteiger partial charge is 0.339 e. The molecule has 1 amide bonds. The molecule has 2 fully saturated rings. The molecule has 24 heavy (non-hydrogen) atoms. The fourth-order valence-electron chi connectivity index (χ4n) is 4.17. The van der Waals surface area contributed by atoms with Gasteiger partial charge in [0, 0.05) is 30.7 Å². The van der Waals surface area contributed by atoms with E-state index in [4.69, 9.17) is 0 Å². The topological polar surface area (TPSA) is 36.4 Å². The normalized spacial score (nSPS) is 20.4. The van der Waals surface area contributed by atoms with Crippen LogP contribution < -0.4 is 0 Å². The van der Waals surface area contributed by atoms with Gasteiger partial charge in [0.25, 0.3) is 5.91 Å². The molecule has 0 unspecified atom stereocenters. The van der Waals surface area contributed by atoms with Crippen molar-refractivity contribution in [3.05, 3.63) is 42.1 Å². The van der Waals surface area contributed by atoms with Crippen LogP contribution in [-0.2, 0) is 0 Å². The molecule has 0 aliphatic carbocycles. The van der Waals surface area contributed by atoms with Crippen LogP contribution in [0, 0.1) is 0 Å². The lowest BCUT2D eigenvalue weighted by molar-refractivity contribution is 0.0591. The van der Waals surface area contributed by atoms with Gasteiger partial charge in [0.15, 0.2) is 0 Å². The lowest BCUT2D eigenvalue weighted by Gasteiger charge is -2.40. The van der Waals surface area contributed by atoms with Gasteiger partial charge in [-0.25, -0.2) is 0 Å². The minimum atomic E-state index is 0.158. The maximum absolute atomic E-state index is 13.0. The fraction of sp³-hybridized carbons (Fsp3) is 0.500. The molecule has 2 saturated heterocycles. The number of aromatic nitrogens is 1. The van der Waals surface area contributed by atoms with E-state index in [2.05, 4.69) is 9.88 Å². The van der Waals surface area contributed by atoms with Crippen LogP contribution in [0.15, 0.2) is 36.5 Å². The molecule has 2 aromatic rings. The van der Waals surface area contributed by atoms with Gasteiger partial charge in [0.1, 0.15) is 0 Å². The summed E-state index contributed by atoms with van der Waals surface area (Å²) in [6.07, 6.45) is 8.01. The summed E-state index contributed by atoms with van der Waals surface area (Å²) in [7, 11) is 0. The van der Waals surface area contributed by atoms with Gasteiger partial charge in [-0.15, -0.1) is 0 Å². The summed E-state index contributed by atoms with van der Waals surface area (Å²) in [6, 6.07) is 10.4. The molecule has 126 valence electrons. The molecular weight excluding hydrogens is 298 g/mol. The SMILES string of the molecule is O=C(c1ccnc2ccccc12)N1CCC(N2CCCCC2)CC1. The third-order valence-corrected chi connectivity index (χ3v) is 5.54. The van der Waals surface area contributed by atoms with E-state index < -0.39 is 0 Å². The first-order valence-corrected chi connectivity index (χ1v) is 9.20. The zero-order valence-corrected chi connectivity index (χ0v) is 14.2. The second-order valence-electron chi connectivity index (χ2n) is 7.00. The number of carbonyl (C=O) groups excluding carboxylic acids is 1. The van der Waals surface area contributed by atoms with E-state index in [9.17, 15) is 4.79 Å². The fourth-order valence-corrected chi connectivity index (χ4v) is 4.17. The Labute approximate surface area is 143 Å². The Bertz CT molecular complexity index is 710. The Kier molecular flexibility index (Phi) is 4.48. The van der Waals surface area contributed by atoms with Crippen LogP contribution in [0.1, 0.15) is 42.5 Å². The van der Waals surface area contributed by atoms with E-state index in [0.29, 0.717) is 6.04 Å². The molecular formula is C20H25N3O. The Morgan fingerprint density at radius 2 is 1.71 bits per heavy atom. The molecule has 2 aliphatic rings. The van der Waals surface area contributed by atoms with Gasteiger partial charge >= 0.3 is 0 Å². The average molecular weight is 323 g/mol. The summed E-state index contributed by atoms with van der Waals surface area (Å²) in [4.78, 5) is 22.0. The number of likely N-dealkylation sites (tertiary alicyclic amines) is 2. The van der Waals surface area contributed by atoms with Crippen molar-refractivity contribution in [2.75, 3.05) is 26.2 Å². The van der Waals surface area contributed by atoms with Crippen molar-refractivity contribution >= 4 is 16.8 Å². The molecule has 2 aliphatic heterocycles. The molecule has 0 N–H and O–H groups in total. The second-order valence-corrected chi connectivity index (χ2v) is 7.00. The first-order chi connectivity index (χ1) is 11.8. The van der Waals surface area contributed by atoms with Crippen molar-refractivity contribution in [3.8, 4) is 0 Å². The summed E-state index contributed by atoms with van der Waals surface area (Å²) < 4.78 is 0. The zero-order chi connectivity index (χ0) is 16.4. The van der Waals surface area contributed by atoms with Crippen molar-refractivity contribution in [1.29, 1.82) is 0 Å². The highest BCUT2D eigenvalue weighted by Gasteiger charge is 2.28. The van der Waals surface area contributed by atoms with Crippen LogP contribution in [0.4, 0.5) is 0 Å². The van der Waals surface area contributed by atoms with Crippen LogP contribution in [-0.4, -0.2) is 52.9 Å². The van der Waals surface area contributed by atoms with Crippen molar-refractivity contribution in [3.63, 3.8) is 0 Å². The molecule has 0 atom stereocenters. The van der Waals surface area contributed by atoms with Crippen molar-refractivity contribution in [1.82, 2.24) is 14.8 Å². The zero-order valence-electron chi connectivity index (χ0n) is 14.2. The van der Waals surface area contributed by atoms with E-state index >= 15 is 0 Å². The highest BCUT2D eigenvalue weighted by Crippen LogP contribution is 2.24. The highest BCUT2D eigenvalue weighted by atomic mass is 16.2. The van der Waals surface area contributed by atoms with E-state index in [1.54, 1.807) is 6.20 Å². The van der Waals surface area contributed by atoms with Crippen LogP contribution >= 0.6 is 0 Å². The van der Waals surface area contributed by atoms with Crippen LogP contribution in [0.25, 0.3) is 10.9 Å². The van der Waals surface area contributed by atoms with Crippen molar-refractivity contribution in [2.45, 2.75) is 38.1 Å². The number of benzene rings is 1. The standard InChI is InChI=1S/C20H25N3O/c24-20(18-8-11-21-19-7-3-2-6-17(18)19)23-14-9-16(10-15-23)22-12-4-1-5-13-22/h2-3,6-8,11,16H,1,4-5,9-10,12-15H2. The summed E-state index contributed by atoms with van der Waals surface area (Å²) in [5.74, 6) is 0.158. The predicted octanol–water partition coefficient (Wildman–Crippen LogP) is 3.33. The van der Waals surface area contributed by atoms with Crippen LogP contribution in [0.3, 0.4) is 0 Å². The summed E-state index contributed by atoms with van der Waals surface area (Å²) in [5.41, 5.74) is 1.68. The highest BCUT2D eigenvalue weighted by molar-refractivity contribution is 6.05. The quantitative estimate of drug-likeness (QED) is 0.850. The smallest absolute Gasteiger partial charge is 0.254 e. The number of amides is 1. The molecule has 3 heterocycles. The molecule has 0 saturated carbocycles. The first kappa shape index (κ1) is 15.6. The molecule has 1 aromatic carbocycles. The number of hydrogen-bond acceptors (Lipinski definition) is 3. The van der Waals surface area contributed by atoms with Gasteiger partial charge in [0.2, 0.25) is 0 Å². The lowest BCUT2D eigenvalue weighted by Crippen LogP contribution is -2.48. The Balaban J connectivity index is 1.46. The maximum Gasteiger partial charge on any atom is 0.254 e. The monoisotopic (exact) mass is 323 g/mol. The molecule has 1 aromatic heterocycles. The molecule has 0 radical (unpaired) electrons. The molecule has 4 heteroatoms. The second kappa shape index (κ2) is 6.89. The molecule has 4 rings (SSSR count). The number of piperidine rings is 2. The number of nitrogens with zero attached hydrogens (tertiary/aromatic N) is 3. The Morgan fingerprint density at radius 3 is 2.50 bits per heavy atom. The van der Waals surface area contributed by atoms with E-state index in [1.165, 1.54) is 32.4 Å². The van der Waals surface area contributed by atoms with E-state index in [0.717, 1.165) is 42.4 Å². The Hall–Kier alpha value is -1.94. The first-order valence-electron chi connectivity index (χ1n) is 9.20. The minimum Gasteiger partial charge on any atom is -0.339 e. The number of carbonyl (C=O) groups is 1. The Morgan fingerprint density at radius 1 is 0.958 bits per heavy atom. The van der Waals surface area contributed by atoms with Gasteiger partial charge in [0.05, 0.1) is 11.1 Å². The van der Waals surface area contributed by atoms with Crippen molar-refractivity contribution in [2.24, 2.45) is 0 Å². The van der Waals surface area contributed by atoms with Crippen LogP contribution in [0.5, 0.6) is 0 Å². The molecule has 4 nitrogen and oxygen atoms in total. The van der Waals surface area contributed by atoms with Gasteiger partial charge in [-0.3, -0.25) is 9.78 Å². The number of hydrogen-bond donors (Lipinski definition) is 0. The number of fused-ring (bicyclic) bond motifs is 1. The van der Waals surface area contributed by atoms with Gasteiger partial charge in [-0.1, -0.05) is 24.6 Å².